The van der Waals surface area contributed by atoms with Crippen molar-refractivity contribution in [1.29, 1.82) is 0 Å². The van der Waals surface area contributed by atoms with Gasteiger partial charge in [-0.05, 0) is 36.4 Å². The summed E-state index contributed by atoms with van der Waals surface area (Å²) in [5.74, 6) is 0.101. The van der Waals surface area contributed by atoms with Gasteiger partial charge in [0, 0.05) is 17.1 Å². The molecule has 2 heterocycles. The number of ether oxygens (including phenoxy) is 1. The highest BCUT2D eigenvalue weighted by molar-refractivity contribution is 7.07. The smallest absolute Gasteiger partial charge is 0.387 e. The molecular weight excluding hydrogens is 370 g/mol. The second kappa shape index (κ2) is 9.00. The van der Waals surface area contributed by atoms with Crippen molar-refractivity contribution < 1.29 is 13.5 Å². The summed E-state index contributed by atoms with van der Waals surface area (Å²) in [6.07, 6.45) is 5.02. The molecule has 0 aliphatic heterocycles. The molecule has 0 bridgehead atoms. The first-order valence-corrected chi connectivity index (χ1v) is 8.88. The maximum absolute atomic E-state index is 12.3. The zero-order chi connectivity index (χ0) is 19.1. The predicted octanol–water partition coefficient (Wildman–Crippen LogP) is 4.18. The molecule has 2 aromatic heterocycles. The molecule has 5 nitrogen and oxygen atoms in total. The van der Waals surface area contributed by atoms with E-state index in [1.54, 1.807) is 35.3 Å². The average molecular weight is 386 g/mol. The fourth-order valence-electron chi connectivity index (χ4n) is 2.24. The number of halogens is 2. The molecule has 0 unspecified atom stereocenters. The lowest BCUT2D eigenvalue weighted by molar-refractivity contribution is -0.0498. The zero-order valence-corrected chi connectivity index (χ0v) is 15.0. The number of thiazole rings is 1. The van der Waals surface area contributed by atoms with Crippen LogP contribution >= 0.6 is 11.3 Å². The van der Waals surface area contributed by atoms with Gasteiger partial charge in [0.2, 0.25) is 4.80 Å². The van der Waals surface area contributed by atoms with Gasteiger partial charge in [-0.25, -0.2) is 4.68 Å². The fourth-order valence-corrected chi connectivity index (χ4v) is 3.08. The SMILES string of the molecule is C=CCN=c1scc(-c2ccc(OC(F)F)cc2)n1N=Cc1ccccn1. The Morgan fingerprint density at radius 2 is 2.04 bits per heavy atom. The molecule has 0 saturated carbocycles. The van der Waals surface area contributed by atoms with Crippen LogP contribution in [0.25, 0.3) is 11.3 Å². The quantitative estimate of drug-likeness (QED) is 0.452. The van der Waals surface area contributed by atoms with E-state index in [2.05, 4.69) is 26.4 Å². The Kier molecular flexibility index (Phi) is 6.22. The van der Waals surface area contributed by atoms with Crippen LogP contribution in [0.15, 0.2) is 76.8 Å². The van der Waals surface area contributed by atoms with E-state index in [9.17, 15) is 8.78 Å². The number of aromatic nitrogens is 2. The molecule has 0 radical (unpaired) electrons. The summed E-state index contributed by atoms with van der Waals surface area (Å²) in [7, 11) is 0. The van der Waals surface area contributed by atoms with E-state index in [0.29, 0.717) is 17.0 Å². The van der Waals surface area contributed by atoms with E-state index < -0.39 is 6.61 Å². The van der Waals surface area contributed by atoms with Gasteiger partial charge in [0.15, 0.2) is 0 Å². The van der Waals surface area contributed by atoms with Crippen LogP contribution in [0.2, 0.25) is 0 Å². The van der Waals surface area contributed by atoms with E-state index in [-0.39, 0.29) is 5.75 Å². The third-order valence-electron chi connectivity index (χ3n) is 3.41. The first-order valence-electron chi connectivity index (χ1n) is 8.00. The van der Waals surface area contributed by atoms with Gasteiger partial charge in [0.25, 0.3) is 0 Å². The third kappa shape index (κ3) is 4.95. The lowest BCUT2D eigenvalue weighted by atomic mass is 10.2. The molecule has 3 aromatic rings. The molecule has 138 valence electrons. The second-order valence-electron chi connectivity index (χ2n) is 5.25. The molecule has 0 aliphatic carbocycles. The van der Waals surface area contributed by atoms with Crippen molar-refractivity contribution >= 4 is 17.6 Å². The highest BCUT2D eigenvalue weighted by Crippen LogP contribution is 2.24. The normalized spacial score (nSPS) is 12.0. The first-order chi connectivity index (χ1) is 13.2. The summed E-state index contributed by atoms with van der Waals surface area (Å²) in [5.41, 5.74) is 2.28. The van der Waals surface area contributed by atoms with E-state index >= 15 is 0 Å². The molecule has 3 rings (SSSR count). The minimum absolute atomic E-state index is 0.101. The van der Waals surface area contributed by atoms with Gasteiger partial charge in [-0.1, -0.05) is 12.1 Å². The first kappa shape index (κ1) is 18.7. The largest absolute Gasteiger partial charge is 0.435 e. The number of hydrogen-bond acceptors (Lipinski definition) is 5. The van der Waals surface area contributed by atoms with Crippen LogP contribution in [0.3, 0.4) is 0 Å². The Balaban J connectivity index is 1.99. The fraction of sp³-hybridized carbons (Fsp3) is 0.105. The number of hydrogen-bond donors (Lipinski definition) is 0. The van der Waals surface area contributed by atoms with Gasteiger partial charge in [-0.3, -0.25) is 9.98 Å². The topological polar surface area (TPSA) is 51.8 Å². The van der Waals surface area contributed by atoms with Gasteiger partial charge < -0.3 is 4.74 Å². The lowest BCUT2D eigenvalue weighted by Crippen LogP contribution is -2.12. The van der Waals surface area contributed by atoms with Crippen molar-refractivity contribution in [3.63, 3.8) is 0 Å². The minimum Gasteiger partial charge on any atom is -0.435 e. The van der Waals surface area contributed by atoms with Gasteiger partial charge in [-0.2, -0.15) is 13.9 Å². The monoisotopic (exact) mass is 386 g/mol. The van der Waals surface area contributed by atoms with Gasteiger partial charge >= 0.3 is 6.61 Å². The molecule has 0 amide bonds. The van der Waals surface area contributed by atoms with Crippen LogP contribution in [0.5, 0.6) is 5.75 Å². The van der Waals surface area contributed by atoms with E-state index in [1.807, 2.05) is 23.6 Å². The van der Waals surface area contributed by atoms with Crippen molar-refractivity contribution in [3.05, 3.63) is 77.2 Å². The summed E-state index contributed by atoms with van der Waals surface area (Å²) >= 11 is 1.42. The van der Waals surface area contributed by atoms with Gasteiger partial charge in [-0.15, -0.1) is 17.9 Å². The molecule has 0 spiro atoms. The van der Waals surface area contributed by atoms with E-state index in [4.69, 9.17) is 0 Å². The van der Waals surface area contributed by atoms with Crippen molar-refractivity contribution in [1.82, 2.24) is 9.66 Å². The van der Waals surface area contributed by atoms with E-state index in [0.717, 1.165) is 11.3 Å². The molecule has 0 saturated heterocycles. The molecule has 1 aromatic carbocycles. The van der Waals surface area contributed by atoms with E-state index in [1.165, 1.54) is 23.5 Å². The van der Waals surface area contributed by atoms with Crippen LogP contribution in [0, 0.1) is 0 Å². The standard InChI is InChI=1S/C19H16F2N4OS/c1-2-10-23-19-25(24-12-15-5-3-4-11-22-15)17(13-27-19)14-6-8-16(9-7-14)26-18(20)21/h2-9,11-13,18H,1,10H2. The molecule has 8 heteroatoms. The predicted molar refractivity (Wildman–Crippen MR) is 102 cm³/mol. The van der Waals surface area contributed by atoms with Crippen LogP contribution in [0.1, 0.15) is 5.69 Å². The van der Waals surface area contributed by atoms with Crippen molar-refractivity contribution in [3.8, 4) is 17.0 Å². The molecule has 0 atom stereocenters. The zero-order valence-electron chi connectivity index (χ0n) is 14.2. The van der Waals surface area contributed by atoms with Crippen molar-refractivity contribution in [2.75, 3.05) is 6.54 Å². The minimum atomic E-state index is -2.85. The molecule has 0 N–H and O–H groups in total. The second-order valence-corrected chi connectivity index (χ2v) is 6.08. The summed E-state index contributed by atoms with van der Waals surface area (Å²) in [6.45, 7) is 1.28. The van der Waals surface area contributed by atoms with Gasteiger partial charge in [0.05, 0.1) is 24.1 Å². The Morgan fingerprint density at radius 3 is 2.70 bits per heavy atom. The molecule has 27 heavy (non-hydrogen) atoms. The Bertz CT molecular complexity index is 979. The van der Waals surface area contributed by atoms with Crippen LogP contribution in [-0.2, 0) is 0 Å². The Hall–Kier alpha value is -3.13. The summed E-state index contributed by atoms with van der Waals surface area (Å²) in [5, 5.41) is 6.40. The summed E-state index contributed by atoms with van der Waals surface area (Å²) in [6, 6.07) is 11.9. The third-order valence-corrected chi connectivity index (χ3v) is 4.26. The average Bonchev–Trinajstić information content (AvgIpc) is 3.08. The summed E-state index contributed by atoms with van der Waals surface area (Å²) < 4.78 is 30.7. The number of alkyl halides is 2. The van der Waals surface area contributed by atoms with Gasteiger partial charge in [0.1, 0.15) is 5.75 Å². The number of rotatable bonds is 7. The number of benzene rings is 1. The van der Waals surface area contributed by atoms with Crippen LogP contribution in [-0.4, -0.2) is 29.0 Å². The highest BCUT2D eigenvalue weighted by Gasteiger charge is 2.09. The maximum atomic E-state index is 12.3. The number of nitrogens with zero attached hydrogens (tertiary/aromatic N) is 4. The van der Waals surface area contributed by atoms with Crippen molar-refractivity contribution in [2.24, 2.45) is 10.1 Å². The Morgan fingerprint density at radius 1 is 1.22 bits per heavy atom. The van der Waals surface area contributed by atoms with Crippen LogP contribution < -0.4 is 9.54 Å². The van der Waals surface area contributed by atoms with Crippen molar-refractivity contribution in [2.45, 2.75) is 6.61 Å². The molecule has 0 fully saturated rings. The van der Waals surface area contributed by atoms with Crippen LogP contribution in [0.4, 0.5) is 8.78 Å². The molecular formula is C19H16F2N4OS. The lowest BCUT2D eigenvalue weighted by Gasteiger charge is -2.06. The maximum Gasteiger partial charge on any atom is 0.387 e. The highest BCUT2D eigenvalue weighted by atomic mass is 32.1. The number of pyridine rings is 1. The Labute approximate surface area is 158 Å². The molecule has 0 aliphatic rings. The summed E-state index contributed by atoms with van der Waals surface area (Å²) in [4.78, 5) is 9.35.